The third-order valence-corrected chi connectivity index (χ3v) is 11.4. The Kier molecular flexibility index (Phi) is 9.48. The highest BCUT2D eigenvalue weighted by molar-refractivity contribution is 6.99. The molecule has 0 saturated carbocycles. The van der Waals surface area contributed by atoms with Crippen molar-refractivity contribution in [2.45, 2.75) is 77.3 Å². The number of ether oxygens (including phenoxy) is 4. The summed E-state index contributed by atoms with van der Waals surface area (Å²) in [6.07, 6.45) is -6.60. The first-order chi connectivity index (χ1) is 17.9. The van der Waals surface area contributed by atoms with Crippen LogP contribution in [0.25, 0.3) is 0 Å². The molecule has 0 bridgehead atoms. The number of benzene rings is 2. The molecule has 1 fully saturated rings. The molecule has 10 heteroatoms. The van der Waals surface area contributed by atoms with Crippen molar-refractivity contribution in [2.75, 3.05) is 6.61 Å². The van der Waals surface area contributed by atoms with Crippen LogP contribution in [0.3, 0.4) is 0 Å². The molecule has 1 aliphatic heterocycles. The number of carbonyl (C=O) groups is 3. The molecule has 1 aliphatic rings. The number of aliphatic hydroxyl groups excluding tert-OH is 1. The molecule has 1 saturated heterocycles. The number of esters is 3. The van der Waals surface area contributed by atoms with Gasteiger partial charge in [-0.2, -0.15) is 0 Å². The van der Waals surface area contributed by atoms with Gasteiger partial charge in [0.25, 0.3) is 8.32 Å². The first kappa shape index (κ1) is 29.5. The van der Waals surface area contributed by atoms with Crippen molar-refractivity contribution in [1.82, 2.24) is 0 Å². The van der Waals surface area contributed by atoms with Gasteiger partial charge >= 0.3 is 17.9 Å². The van der Waals surface area contributed by atoms with Gasteiger partial charge in [-0.15, -0.1) is 0 Å². The van der Waals surface area contributed by atoms with E-state index in [0.717, 1.165) is 17.3 Å². The van der Waals surface area contributed by atoms with Crippen LogP contribution in [0.5, 0.6) is 0 Å². The lowest BCUT2D eigenvalue weighted by Gasteiger charge is -2.46. The van der Waals surface area contributed by atoms with E-state index in [9.17, 15) is 19.5 Å². The van der Waals surface area contributed by atoms with E-state index in [1.807, 2.05) is 60.7 Å². The Balaban J connectivity index is 2.06. The number of carbonyl (C=O) groups excluding carboxylic acids is 3. The molecule has 2 aromatic carbocycles. The van der Waals surface area contributed by atoms with Crippen LogP contribution >= 0.6 is 0 Å². The van der Waals surface area contributed by atoms with Gasteiger partial charge in [0, 0.05) is 20.8 Å². The van der Waals surface area contributed by atoms with Crippen LogP contribution in [-0.4, -0.2) is 68.6 Å². The summed E-state index contributed by atoms with van der Waals surface area (Å²) >= 11 is 0. The highest BCUT2D eigenvalue weighted by Gasteiger charge is 2.54. The van der Waals surface area contributed by atoms with Crippen molar-refractivity contribution in [2.24, 2.45) is 0 Å². The van der Waals surface area contributed by atoms with Crippen molar-refractivity contribution in [3.8, 4) is 0 Å². The molecule has 0 amide bonds. The highest BCUT2D eigenvalue weighted by Crippen LogP contribution is 2.38. The minimum atomic E-state index is -3.02. The molecule has 0 aromatic heterocycles. The van der Waals surface area contributed by atoms with E-state index < -0.39 is 56.9 Å². The van der Waals surface area contributed by atoms with Crippen LogP contribution < -0.4 is 10.4 Å². The average Bonchev–Trinajstić information content (AvgIpc) is 2.83. The molecule has 5 atom stereocenters. The largest absolute Gasteiger partial charge is 0.456 e. The monoisotopic (exact) mass is 544 g/mol. The fourth-order valence-electron chi connectivity index (χ4n) is 4.97. The van der Waals surface area contributed by atoms with E-state index in [1.54, 1.807) is 0 Å². The standard InChI is InChI=1S/C28H36O9Si/c1-18(29)34-24-23(37-27(32)26(36-20(3)31)25(24)35-19(2)30)17-33-38(28(4,5)6,21-13-9-7-10-14-21)22-15-11-8-12-16-22/h7-16,23-27,32H,17H2,1-6H3/t23-,24+,25+,26-,27-/m1/s1. The average molecular weight is 545 g/mol. The van der Waals surface area contributed by atoms with E-state index in [4.69, 9.17) is 23.4 Å². The normalized spacial score (nSPS) is 23.8. The summed E-state index contributed by atoms with van der Waals surface area (Å²) in [6, 6.07) is 19.8. The Morgan fingerprint density at radius 1 is 0.763 bits per heavy atom. The summed E-state index contributed by atoms with van der Waals surface area (Å²) in [5.41, 5.74) is 0. The van der Waals surface area contributed by atoms with Crippen LogP contribution in [-0.2, 0) is 37.8 Å². The van der Waals surface area contributed by atoms with E-state index in [1.165, 1.54) is 13.8 Å². The maximum absolute atomic E-state index is 12.1. The number of rotatable bonds is 8. The molecule has 0 aliphatic carbocycles. The number of aliphatic hydroxyl groups is 1. The molecule has 0 spiro atoms. The first-order valence-electron chi connectivity index (χ1n) is 12.5. The molecular weight excluding hydrogens is 508 g/mol. The molecule has 0 radical (unpaired) electrons. The van der Waals surface area contributed by atoms with E-state index in [2.05, 4.69) is 20.8 Å². The Morgan fingerprint density at radius 3 is 1.61 bits per heavy atom. The van der Waals surface area contributed by atoms with Crippen LogP contribution in [0.1, 0.15) is 41.5 Å². The van der Waals surface area contributed by atoms with Gasteiger partial charge in [-0.25, -0.2) is 0 Å². The summed E-state index contributed by atoms with van der Waals surface area (Å²) in [6.45, 7) is 9.75. The smallest absolute Gasteiger partial charge is 0.303 e. The van der Waals surface area contributed by atoms with Gasteiger partial charge in [-0.3, -0.25) is 14.4 Å². The molecule has 0 unspecified atom stereocenters. The summed E-state index contributed by atoms with van der Waals surface area (Å²) in [7, 11) is -3.02. The second kappa shape index (κ2) is 12.2. The third kappa shape index (κ3) is 6.50. The zero-order chi connectivity index (χ0) is 28.1. The molecule has 1 N–H and O–H groups in total. The maximum atomic E-state index is 12.1. The SMILES string of the molecule is CC(=O)O[C@@H]1[C@@H](OC(C)=O)[C@H](O)O[C@H](CO[Si](c2ccccc2)(c2ccccc2)C(C)(C)C)[C@@H]1OC(C)=O. The molecule has 1 heterocycles. The van der Waals surface area contributed by atoms with Gasteiger partial charge in [0.05, 0.1) is 6.61 Å². The van der Waals surface area contributed by atoms with E-state index >= 15 is 0 Å². The van der Waals surface area contributed by atoms with Crippen molar-refractivity contribution in [3.05, 3.63) is 60.7 Å². The molecule has 9 nitrogen and oxygen atoms in total. The second-order valence-electron chi connectivity index (χ2n) is 10.3. The third-order valence-electron chi connectivity index (χ3n) is 6.40. The Bertz CT molecular complexity index is 1060. The first-order valence-corrected chi connectivity index (χ1v) is 14.4. The van der Waals surface area contributed by atoms with Crippen LogP contribution in [0.15, 0.2) is 60.7 Å². The van der Waals surface area contributed by atoms with Crippen molar-refractivity contribution >= 4 is 36.6 Å². The van der Waals surface area contributed by atoms with Crippen LogP contribution in [0, 0.1) is 0 Å². The second-order valence-corrected chi connectivity index (χ2v) is 14.6. The lowest BCUT2D eigenvalue weighted by molar-refractivity contribution is -0.294. The zero-order valence-electron chi connectivity index (χ0n) is 22.6. The predicted molar refractivity (Wildman–Crippen MR) is 141 cm³/mol. The van der Waals surface area contributed by atoms with Gasteiger partial charge in [-0.1, -0.05) is 81.4 Å². The minimum Gasteiger partial charge on any atom is -0.456 e. The van der Waals surface area contributed by atoms with Gasteiger partial charge in [0.1, 0.15) is 6.10 Å². The van der Waals surface area contributed by atoms with E-state index in [-0.39, 0.29) is 11.6 Å². The summed E-state index contributed by atoms with van der Waals surface area (Å²) in [4.78, 5) is 35.8. The molecule has 3 rings (SSSR count). The number of hydrogen-bond acceptors (Lipinski definition) is 9. The molecule has 206 valence electrons. The van der Waals surface area contributed by atoms with Crippen LogP contribution in [0.4, 0.5) is 0 Å². The summed E-state index contributed by atoms with van der Waals surface area (Å²) in [5, 5.41) is 12.5. The van der Waals surface area contributed by atoms with Crippen molar-refractivity contribution in [1.29, 1.82) is 0 Å². The van der Waals surface area contributed by atoms with Gasteiger partial charge in [-0.05, 0) is 15.4 Å². The summed E-state index contributed by atoms with van der Waals surface area (Å²) < 4.78 is 28.9. The van der Waals surface area contributed by atoms with E-state index in [0.29, 0.717) is 0 Å². The lowest BCUT2D eigenvalue weighted by atomic mass is 9.98. The quantitative estimate of drug-likeness (QED) is 0.303. The Morgan fingerprint density at radius 2 is 1.18 bits per heavy atom. The molecule has 2 aromatic rings. The summed E-state index contributed by atoms with van der Waals surface area (Å²) in [5.74, 6) is -2.09. The molecule has 38 heavy (non-hydrogen) atoms. The Labute approximate surface area is 224 Å². The van der Waals surface area contributed by atoms with Gasteiger partial charge < -0.3 is 28.5 Å². The van der Waals surface area contributed by atoms with Crippen LogP contribution in [0.2, 0.25) is 5.04 Å². The fourth-order valence-corrected chi connectivity index (χ4v) is 9.54. The van der Waals surface area contributed by atoms with Gasteiger partial charge in [0.15, 0.2) is 24.6 Å². The van der Waals surface area contributed by atoms with Gasteiger partial charge in [0.2, 0.25) is 0 Å². The predicted octanol–water partition coefficient (Wildman–Crippen LogP) is 2.08. The minimum absolute atomic E-state index is 0.104. The zero-order valence-corrected chi connectivity index (χ0v) is 23.6. The Hall–Kier alpha value is -3.05. The van der Waals surface area contributed by atoms with Crippen molar-refractivity contribution < 1.29 is 42.9 Å². The topological polar surface area (TPSA) is 118 Å². The molecular formula is C28H36O9Si. The highest BCUT2D eigenvalue weighted by atomic mass is 28.4. The lowest BCUT2D eigenvalue weighted by Crippen LogP contribution is -2.68. The maximum Gasteiger partial charge on any atom is 0.303 e. The number of hydrogen-bond donors (Lipinski definition) is 1. The van der Waals surface area contributed by atoms with Crippen molar-refractivity contribution in [3.63, 3.8) is 0 Å². The fraction of sp³-hybridized carbons (Fsp3) is 0.464.